The maximum atomic E-state index is 10.3. The van der Waals surface area contributed by atoms with Crippen molar-refractivity contribution >= 4 is 32.7 Å². The van der Waals surface area contributed by atoms with E-state index < -0.39 is 0 Å². The molecular formula is C26H18N5O2Pt-. The van der Waals surface area contributed by atoms with Crippen LogP contribution in [-0.4, -0.2) is 29.6 Å². The average Bonchev–Trinajstić information content (AvgIpc) is 3.18. The van der Waals surface area contributed by atoms with Gasteiger partial charge in [0.05, 0.1) is 0 Å². The maximum Gasteiger partial charge on any atom is 0.235 e. The van der Waals surface area contributed by atoms with Crippen LogP contribution < -0.4 is 4.74 Å². The molecule has 3 aromatic heterocycles. The minimum atomic E-state index is 0. The second-order valence-electron chi connectivity index (χ2n) is 7.62. The fraction of sp³-hybridized carbons (Fsp3) is 0.0769. The number of aromatic hydroxyl groups is 1. The van der Waals surface area contributed by atoms with Crippen LogP contribution in [-0.2, 0) is 27.5 Å². The van der Waals surface area contributed by atoms with Crippen molar-refractivity contribution in [3.05, 3.63) is 84.9 Å². The van der Waals surface area contributed by atoms with Crippen molar-refractivity contribution in [2.75, 3.05) is 0 Å². The van der Waals surface area contributed by atoms with Crippen LogP contribution in [0.3, 0.4) is 0 Å². The van der Waals surface area contributed by atoms with Crippen molar-refractivity contribution < 1.29 is 30.9 Å². The first-order valence-electron chi connectivity index (χ1n) is 10.6. The molecule has 0 radical (unpaired) electrons. The number of rotatable bonds is 4. The predicted molar refractivity (Wildman–Crippen MR) is 126 cm³/mol. The molecule has 0 aliphatic heterocycles. The molecule has 3 heterocycles. The molecule has 0 aliphatic carbocycles. The summed E-state index contributed by atoms with van der Waals surface area (Å²) in [6, 6.07) is 22.6. The van der Waals surface area contributed by atoms with Crippen molar-refractivity contribution in [1.82, 2.24) is 24.5 Å². The molecule has 7 nitrogen and oxygen atoms in total. The van der Waals surface area contributed by atoms with E-state index in [1.807, 2.05) is 53.1 Å². The summed E-state index contributed by atoms with van der Waals surface area (Å²) in [5.41, 5.74) is 3.33. The van der Waals surface area contributed by atoms with Crippen molar-refractivity contribution in [2.24, 2.45) is 0 Å². The molecule has 0 amide bonds. The van der Waals surface area contributed by atoms with Crippen molar-refractivity contribution in [1.29, 1.82) is 0 Å². The zero-order chi connectivity index (χ0) is 22.4. The quantitative estimate of drug-likeness (QED) is 0.265. The molecule has 0 spiro atoms. The van der Waals surface area contributed by atoms with Crippen molar-refractivity contribution in [3.63, 3.8) is 0 Å². The van der Waals surface area contributed by atoms with Gasteiger partial charge in [0.25, 0.3) is 0 Å². The molecule has 170 valence electrons. The van der Waals surface area contributed by atoms with Gasteiger partial charge in [-0.1, -0.05) is 42.8 Å². The monoisotopic (exact) mass is 627 g/mol. The first kappa shape index (κ1) is 22.0. The van der Waals surface area contributed by atoms with Crippen LogP contribution in [0, 0.1) is 6.07 Å². The Kier molecular flexibility index (Phi) is 5.72. The summed E-state index contributed by atoms with van der Waals surface area (Å²) in [5, 5.41) is 13.3. The SMILES string of the molecule is CCc1cc(Oc2[c-]c3c(cc2)c2ccccc2n3-c2ncncn2)nc2c(O)cccc12.[Pt]. The molecule has 0 fully saturated rings. The largest absolute Gasteiger partial charge is 0.506 e. The molecule has 0 saturated carbocycles. The third-order valence-corrected chi connectivity index (χ3v) is 5.71. The Morgan fingerprint density at radius 2 is 1.74 bits per heavy atom. The topological polar surface area (TPSA) is 86.0 Å². The summed E-state index contributed by atoms with van der Waals surface area (Å²) in [7, 11) is 0. The van der Waals surface area contributed by atoms with E-state index in [0.29, 0.717) is 23.1 Å². The zero-order valence-corrected chi connectivity index (χ0v) is 20.3. The summed E-state index contributed by atoms with van der Waals surface area (Å²) >= 11 is 0. The molecule has 0 aliphatic rings. The van der Waals surface area contributed by atoms with E-state index in [9.17, 15) is 5.11 Å². The first-order chi connectivity index (χ1) is 16.2. The molecule has 6 rings (SSSR count). The number of phenolic OH excluding ortho intramolecular Hbond substituents is 1. The molecule has 6 aromatic rings. The van der Waals surface area contributed by atoms with E-state index in [-0.39, 0.29) is 26.8 Å². The Balaban J connectivity index is 0.00000241. The van der Waals surface area contributed by atoms with E-state index in [4.69, 9.17) is 4.74 Å². The number of hydrogen-bond acceptors (Lipinski definition) is 6. The number of phenols is 1. The van der Waals surface area contributed by atoms with Gasteiger partial charge in [0.1, 0.15) is 23.9 Å². The average molecular weight is 628 g/mol. The van der Waals surface area contributed by atoms with E-state index in [1.165, 1.54) is 12.7 Å². The van der Waals surface area contributed by atoms with Crippen LogP contribution in [0.1, 0.15) is 12.5 Å². The van der Waals surface area contributed by atoms with E-state index in [0.717, 1.165) is 39.2 Å². The minimum Gasteiger partial charge on any atom is -0.506 e. The smallest absolute Gasteiger partial charge is 0.235 e. The van der Waals surface area contributed by atoms with Crippen LogP contribution >= 0.6 is 0 Å². The van der Waals surface area contributed by atoms with Crippen LogP contribution in [0.25, 0.3) is 38.7 Å². The number of nitrogens with zero attached hydrogens (tertiary/aromatic N) is 5. The van der Waals surface area contributed by atoms with E-state index >= 15 is 0 Å². The van der Waals surface area contributed by atoms with E-state index in [1.54, 1.807) is 6.07 Å². The first-order valence-corrected chi connectivity index (χ1v) is 10.6. The third kappa shape index (κ3) is 3.58. The summed E-state index contributed by atoms with van der Waals surface area (Å²) in [6.07, 6.45) is 3.73. The van der Waals surface area contributed by atoms with Crippen LogP contribution in [0.15, 0.2) is 73.3 Å². The van der Waals surface area contributed by atoms with Gasteiger partial charge in [0.15, 0.2) is 0 Å². The fourth-order valence-corrected chi connectivity index (χ4v) is 4.22. The second kappa shape index (κ2) is 8.84. The van der Waals surface area contributed by atoms with Crippen molar-refractivity contribution in [2.45, 2.75) is 13.3 Å². The summed E-state index contributed by atoms with van der Waals surface area (Å²) < 4.78 is 8.08. The number of ether oxygens (including phenoxy) is 1. The predicted octanol–water partition coefficient (Wildman–Crippen LogP) is 5.37. The van der Waals surface area contributed by atoms with Crippen molar-refractivity contribution in [3.8, 4) is 23.3 Å². The molecule has 0 bridgehead atoms. The van der Waals surface area contributed by atoms with Gasteiger partial charge < -0.3 is 14.4 Å². The summed E-state index contributed by atoms with van der Waals surface area (Å²) in [4.78, 5) is 17.2. The van der Waals surface area contributed by atoms with Gasteiger partial charge in [0.2, 0.25) is 11.8 Å². The zero-order valence-electron chi connectivity index (χ0n) is 18.0. The van der Waals surface area contributed by atoms with Gasteiger partial charge in [-0.3, -0.25) is 0 Å². The molecule has 0 unspecified atom stereocenters. The van der Waals surface area contributed by atoms with Gasteiger partial charge in [-0.15, -0.1) is 17.5 Å². The summed E-state index contributed by atoms with van der Waals surface area (Å²) in [6.45, 7) is 2.06. The Hall–Kier alpha value is -3.83. The molecule has 0 atom stereocenters. The standard InChI is InChI=1S/C26H18N5O2.Pt/c1-2-16-12-24(30-25-18(16)7-5-9-23(25)32)33-17-10-11-20-19-6-3-4-8-21(19)31(22(20)13-17)26-28-14-27-15-29-26;/h3-12,14-15,32H,2H2,1H3;/q-1;. The Labute approximate surface area is 209 Å². The maximum absolute atomic E-state index is 10.3. The number of aromatic nitrogens is 5. The number of aryl methyl sites for hydroxylation is 1. The number of pyridine rings is 1. The molecule has 0 saturated heterocycles. The van der Waals surface area contributed by atoms with Crippen LogP contribution in [0.5, 0.6) is 17.4 Å². The van der Waals surface area contributed by atoms with Gasteiger partial charge in [-0.25, -0.2) is 19.9 Å². The summed E-state index contributed by atoms with van der Waals surface area (Å²) in [5.74, 6) is 1.54. The van der Waals surface area contributed by atoms with Gasteiger partial charge in [-0.2, -0.15) is 6.07 Å². The minimum absolute atomic E-state index is 0. The molecule has 34 heavy (non-hydrogen) atoms. The number of hydrogen-bond donors (Lipinski definition) is 1. The molecule has 8 heteroatoms. The van der Waals surface area contributed by atoms with Gasteiger partial charge in [-0.05, 0) is 29.5 Å². The molecule has 3 aromatic carbocycles. The van der Waals surface area contributed by atoms with Gasteiger partial charge in [0, 0.05) is 43.8 Å². The number of benzene rings is 3. The molecule has 1 N–H and O–H groups in total. The Bertz CT molecular complexity index is 1650. The third-order valence-electron chi connectivity index (χ3n) is 5.71. The van der Waals surface area contributed by atoms with E-state index in [2.05, 4.69) is 39.0 Å². The Morgan fingerprint density at radius 1 is 0.941 bits per heavy atom. The van der Waals surface area contributed by atoms with Crippen LogP contribution in [0.2, 0.25) is 0 Å². The molecular weight excluding hydrogens is 609 g/mol. The fourth-order valence-electron chi connectivity index (χ4n) is 4.22. The van der Waals surface area contributed by atoms with Crippen LogP contribution in [0.4, 0.5) is 0 Å². The number of fused-ring (bicyclic) bond motifs is 4. The number of para-hydroxylation sites is 2. The normalized spacial score (nSPS) is 11.1. The second-order valence-corrected chi connectivity index (χ2v) is 7.62. The Morgan fingerprint density at radius 3 is 2.56 bits per heavy atom. The van der Waals surface area contributed by atoms with Gasteiger partial charge >= 0.3 is 0 Å².